The maximum Gasteiger partial charge on any atom is 0.410 e. The molecule has 0 aromatic rings. The minimum Gasteiger partial charge on any atom is -0.444 e. The summed E-state index contributed by atoms with van der Waals surface area (Å²) in [7, 11) is -3.28. The zero-order valence-corrected chi connectivity index (χ0v) is 17.2. The van der Waals surface area contributed by atoms with E-state index in [1.807, 2.05) is 27.7 Å². The second-order valence-electron chi connectivity index (χ2n) is 8.50. The Bertz CT molecular complexity index is 658. The first-order chi connectivity index (χ1) is 11.8. The Balaban J connectivity index is 2.04. The molecular formula is C17H31N3O5S. The lowest BCUT2D eigenvalue weighted by Crippen LogP contribution is -2.51. The van der Waals surface area contributed by atoms with E-state index < -0.39 is 21.0 Å². The van der Waals surface area contributed by atoms with Gasteiger partial charge in [0.05, 0.1) is 11.7 Å². The number of likely N-dealkylation sites (tertiary alicyclic amines) is 2. The van der Waals surface area contributed by atoms with Crippen LogP contribution in [-0.2, 0) is 19.6 Å². The molecule has 2 amide bonds. The van der Waals surface area contributed by atoms with Gasteiger partial charge in [-0.1, -0.05) is 0 Å². The van der Waals surface area contributed by atoms with E-state index in [4.69, 9.17) is 4.74 Å². The molecule has 2 unspecified atom stereocenters. The van der Waals surface area contributed by atoms with Gasteiger partial charge in [-0.25, -0.2) is 17.9 Å². The van der Waals surface area contributed by atoms with Gasteiger partial charge in [-0.2, -0.15) is 0 Å². The lowest BCUT2D eigenvalue weighted by atomic mass is 9.77. The van der Waals surface area contributed by atoms with Crippen molar-refractivity contribution in [3.63, 3.8) is 0 Å². The van der Waals surface area contributed by atoms with Crippen LogP contribution in [0.15, 0.2) is 0 Å². The van der Waals surface area contributed by atoms with Crippen molar-refractivity contribution in [1.29, 1.82) is 0 Å². The molecule has 0 radical (unpaired) electrons. The van der Waals surface area contributed by atoms with Gasteiger partial charge in [-0.05, 0) is 47.0 Å². The predicted octanol–water partition coefficient (Wildman–Crippen LogP) is 1.17. The highest BCUT2D eigenvalue weighted by molar-refractivity contribution is 7.88. The molecule has 0 aromatic carbocycles. The summed E-state index contributed by atoms with van der Waals surface area (Å²) in [6.45, 7) is 8.92. The third-order valence-corrected chi connectivity index (χ3v) is 5.61. The van der Waals surface area contributed by atoms with E-state index in [0.29, 0.717) is 26.1 Å². The molecule has 2 saturated heterocycles. The van der Waals surface area contributed by atoms with Crippen LogP contribution in [0.3, 0.4) is 0 Å². The number of rotatable bonds is 4. The van der Waals surface area contributed by atoms with Crippen LogP contribution in [0.2, 0.25) is 0 Å². The molecule has 0 saturated carbocycles. The summed E-state index contributed by atoms with van der Waals surface area (Å²) in [5.74, 6) is 0.00793. The smallest absolute Gasteiger partial charge is 0.410 e. The summed E-state index contributed by atoms with van der Waals surface area (Å²) >= 11 is 0. The Morgan fingerprint density at radius 1 is 1.38 bits per heavy atom. The SMILES string of the molecule is CC1CC2(CCCN(C(=O)OC(C)(C)C)C2)C(=O)N1CCNS(C)(=O)=O. The van der Waals surface area contributed by atoms with Crippen LogP contribution >= 0.6 is 0 Å². The average Bonchev–Trinajstić information content (AvgIpc) is 2.68. The van der Waals surface area contributed by atoms with Gasteiger partial charge in [-0.3, -0.25) is 4.79 Å². The molecule has 0 aliphatic carbocycles. The quantitative estimate of drug-likeness (QED) is 0.779. The van der Waals surface area contributed by atoms with E-state index in [-0.39, 0.29) is 24.6 Å². The van der Waals surface area contributed by atoms with E-state index in [1.54, 1.807) is 9.80 Å². The third kappa shape index (κ3) is 5.09. The number of piperidine rings is 1. The molecule has 26 heavy (non-hydrogen) atoms. The number of hydrogen-bond donors (Lipinski definition) is 1. The standard InChI is InChI=1S/C17H31N3O5S/c1-13-11-17(14(21)20(13)10-8-18-26(5,23)24)7-6-9-19(12-17)15(22)25-16(2,3)4/h13,18H,6-12H2,1-5H3. The van der Waals surface area contributed by atoms with Crippen molar-refractivity contribution in [3.8, 4) is 0 Å². The van der Waals surface area contributed by atoms with Gasteiger partial charge < -0.3 is 14.5 Å². The minimum atomic E-state index is -3.28. The predicted molar refractivity (Wildman–Crippen MR) is 98.1 cm³/mol. The summed E-state index contributed by atoms with van der Waals surface area (Å²) < 4.78 is 30.3. The molecule has 2 fully saturated rings. The molecule has 2 heterocycles. The van der Waals surface area contributed by atoms with Crippen molar-refractivity contribution in [2.75, 3.05) is 32.4 Å². The summed E-state index contributed by atoms with van der Waals surface area (Å²) in [5.41, 5.74) is -1.16. The summed E-state index contributed by atoms with van der Waals surface area (Å²) in [6.07, 6.45) is 2.89. The van der Waals surface area contributed by atoms with Gasteiger partial charge in [0.15, 0.2) is 0 Å². The Labute approximate surface area is 156 Å². The highest BCUT2D eigenvalue weighted by Crippen LogP contribution is 2.43. The fraction of sp³-hybridized carbons (Fsp3) is 0.882. The van der Waals surface area contributed by atoms with E-state index in [9.17, 15) is 18.0 Å². The molecule has 2 atom stereocenters. The maximum absolute atomic E-state index is 13.1. The van der Waals surface area contributed by atoms with Crippen LogP contribution in [0.4, 0.5) is 4.79 Å². The number of nitrogens with one attached hydrogen (secondary N) is 1. The Hall–Kier alpha value is -1.35. The van der Waals surface area contributed by atoms with Crippen LogP contribution in [0, 0.1) is 5.41 Å². The number of ether oxygens (including phenoxy) is 1. The van der Waals surface area contributed by atoms with Gasteiger partial charge in [0.25, 0.3) is 0 Å². The van der Waals surface area contributed by atoms with Gasteiger partial charge in [0, 0.05) is 32.2 Å². The van der Waals surface area contributed by atoms with Crippen molar-refractivity contribution in [2.24, 2.45) is 5.41 Å². The molecule has 8 nitrogen and oxygen atoms in total. The molecule has 2 rings (SSSR count). The Morgan fingerprint density at radius 2 is 2.04 bits per heavy atom. The van der Waals surface area contributed by atoms with Crippen molar-refractivity contribution in [2.45, 2.75) is 58.6 Å². The molecule has 0 aromatic heterocycles. The zero-order chi connectivity index (χ0) is 19.8. The second-order valence-corrected chi connectivity index (χ2v) is 10.3. The lowest BCUT2D eigenvalue weighted by molar-refractivity contribution is -0.139. The van der Waals surface area contributed by atoms with E-state index in [0.717, 1.165) is 19.1 Å². The molecule has 2 aliphatic rings. The number of hydrogen-bond acceptors (Lipinski definition) is 5. The highest BCUT2D eigenvalue weighted by Gasteiger charge is 2.52. The number of carbonyl (C=O) groups is 2. The maximum atomic E-state index is 13.1. The molecule has 0 bridgehead atoms. The monoisotopic (exact) mass is 389 g/mol. The largest absolute Gasteiger partial charge is 0.444 e. The Morgan fingerprint density at radius 3 is 2.62 bits per heavy atom. The number of carbonyl (C=O) groups excluding carboxylic acids is 2. The van der Waals surface area contributed by atoms with E-state index in [1.165, 1.54) is 0 Å². The fourth-order valence-electron chi connectivity index (χ4n) is 3.90. The second kappa shape index (κ2) is 7.34. The third-order valence-electron chi connectivity index (χ3n) is 4.88. The zero-order valence-electron chi connectivity index (χ0n) is 16.4. The van der Waals surface area contributed by atoms with Gasteiger partial charge >= 0.3 is 6.09 Å². The van der Waals surface area contributed by atoms with Crippen molar-refractivity contribution >= 4 is 22.0 Å². The van der Waals surface area contributed by atoms with Crippen LogP contribution in [0.5, 0.6) is 0 Å². The fourth-order valence-corrected chi connectivity index (χ4v) is 4.36. The highest BCUT2D eigenvalue weighted by atomic mass is 32.2. The number of amides is 2. The van der Waals surface area contributed by atoms with Crippen LogP contribution in [-0.4, -0.2) is 74.3 Å². The van der Waals surface area contributed by atoms with Crippen LogP contribution in [0.25, 0.3) is 0 Å². The normalized spacial score (nSPS) is 27.3. The van der Waals surface area contributed by atoms with Gasteiger partial charge in [0.2, 0.25) is 15.9 Å². The first-order valence-corrected chi connectivity index (χ1v) is 11.0. The van der Waals surface area contributed by atoms with Crippen LogP contribution < -0.4 is 4.72 Å². The van der Waals surface area contributed by atoms with Gasteiger partial charge in [0.1, 0.15) is 5.60 Å². The van der Waals surface area contributed by atoms with Crippen molar-refractivity contribution in [3.05, 3.63) is 0 Å². The summed E-state index contributed by atoms with van der Waals surface area (Å²) in [5, 5.41) is 0. The van der Waals surface area contributed by atoms with Crippen molar-refractivity contribution in [1.82, 2.24) is 14.5 Å². The number of nitrogens with zero attached hydrogens (tertiary/aromatic N) is 2. The number of sulfonamides is 1. The Kier molecular flexibility index (Phi) is 5.92. The molecule has 150 valence electrons. The van der Waals surface area contributed by atoms with E-state index >= 15 is 0 Å². The van der Waals surface area contributed by atoms with Crippen LogP contribution in [0.1, 0.15) is 47.0 Å². The molecule has 1 N–H and O–H groups in total. The molecular weight excluding hydrogens is 358 g/mol. The first-order valence-electron chi connectivity index (χ1n) is 9.07. The van der Waals surface area contributed by atoms with Crippen molar-refractivity contribution < 1.29 is 22.7 Å². The first kappa shape index (κ1) is 21.0. The van der Waals surface area contributed by atoms with E-state index in [2.05, 4.69) is 4.72 Å². The molecule has 1 spiro atoms. The summed E-state index contributed by atoms with van der Waals surface area (Å²) in [6, 6.07) is 0.0162. The minimum absolute atomic E-state index is 0.00793. The molecule has 9 heteroatoms. The topological polar surface area (TPSA) is 96.0 Å². The van der Waals surface area contributed by atoms with Gasteiger partial charge in [-0.15, -0.1) is 0 Å². The average molecular weight is 390 g/mol. The summed E-state index contributed by atoms with van der Waals surface area (Å²) in [4.78, 5) is 28.8. The molecule has 2 aliphatic heterocycles. The lowest BCUT2D eigenvalue weighted by Gasteiger charge is -2.39.